The van der Waals surface area contributed by atoms with Gasteiger partial charge < -0.3 is 15.1 Å². The third kappa shape index (κ3) is 3.09. The van der Waals surface area contributed by atoms with E-state index in [4.69, 9.17) is 0 Å². The van der Waals surface area contributed by atoms with E-state index in [0.717, 1.165) is 43.9 Å². The Kier molecular flexibility index (Phi) is 4.33. The lowest BCUT2D eigenvalue weighted by atomic mass is 10.1. The van der Waals surface area contributed by atoms with Gasteiger partial charge in [0.25, 0.3) is 5.91 Å². The van der Waals surface area contributed by atoms with Crippen LogP contribution in [-0.2, 0) is 6.54 Å². The van der Waals surface area contributed by atoms with Gasteiger partial charge in [-0.3, -0.25) is 4.79 Å². The van der Waals surface area contributed by atoms with E-state index in [9.17, 15) is 4.79 Å². The molecule has 0 aromatic heterocycles. The molecule has 0 spiro atoms. The van der Waals surface area contributed by atoms with Crippen LogP contribution in [0, 0.1) is 0 Å². The Balaban J connectivity index is 2.06. The fourth-order valence-corrected chi connectivity index (χ4v) is 2.21. The van der Waals surface area contributed by atoms with Crippen molar-refractivity contribution in [1.29, 1.82) is 0 Å². The second-order valence-corrected chi connectivity index (χ2v) is 4.83. The first kappa shape index (κ1) is 13.1. The summed E-state index contributed by atoms with van der Waals surface area (Å²) in [6.45, 7) is 4.37. The van der Waals surface area contributed by atoms with Crippen molar-refractivity contribution in [3.63, 3.8) is 0 Å². The third-order valence-corrected chi connectivity index (χ3v) is 3.35. The number of amides is 1. The molecule has 1 N–H and O–H groups in total. The zero-order chi connectivity index (χ0) is 13.0. The monoisotopic (exact) mass is 247 g/mol. The summed E-state index contributed by atoms with van der Waals surface area (Å²) in [6, 6.07) is 7.88. The average molecular weight is 247 g/mol. The molecule has 1 saturated heterocycles. The predicted octanol–water partition coefficient (Wildman–Crippen LogP) is 0.794. The summed E-state index contributed by atoms with van der Waals surface area (Å²) in [6.07, 6.45) is 0. The summed E-state index contributed by atoms with van der Waals surface area (Å²) >= 11 is 0. The molecular formula is C14H21N3O. The largest absolute Gasteiger partial charge is 0.336 e. The molecule has 1 aromatic rings. The van der Waals surface area contributed by atoms with Crippen molar-refractivity contribution in [3.8, 4) is 0 Å². The number of carbonyl (C=O) groups excluding carboxylic acids is 1. The number of carbonyl (C=O) groups is 1. The van der Waals surface area contributed by atoms with Crippen LogP contribution < -0.4 is 5.32 Å². The molecule has 0 unspecified atom stereocenters. The van der Waals surface area contributed by atoms with E-state index in [-0.39, 0.29) is 5.91 Å². The van der Waals surface area contributed by atoms with Crippen molar-refractivity contribution in [2.75, 3.05) is 40.3 Å². The second-order valence-electron chi connectivity index (χ2n) is 4.83. The van der Waals surface area contributed by atoms with Gasteiger partial charge in [0.15, 0.2) is 0 Å². The molecule has 2 rings (SSSR count). The molecule has 1 amide bonds. The quantitative estimate of drug-likeness (QED) is 0.858. The predicted molar refractivity (Wildman–Crippen MR) is 72.6 cm³/mol. The SMILES string of the molecule is CNCc1cccc(C(=O)N2CCN(C)CC2)c1. The summed E-state index contributed by atoms with van der Waals surface area (Å²) < 4.78 is 0. The summed E-state index contributed by atoms with van der Waals surface area (Å²) in [5.74, 6) is 0.154. The van der Waals surface area contributed by atoms with Crippen LogP contribution in [0.3, 0.4) is 0 Å². The molecule has 98 valence electrons. The van der Waals surface area contributed by atoms with Crippen molar-refractivity contribution < 1.29 is 4.79 Å². The van der Waals surface area contributed by atoms with Crippen molar-refractivity contribution in [2.45, 2.75) is 6.54 Å². The number of hydrogen-bond acceptors (Lipinski definition) is 3. The summed E-state index contributed by atoms with van der Waals surface area (Å²) in [4.78, 5) is 16.5. The molecule has 1 fully saturated rings. The zero-order valence-corrected chi connectivity index (χ0v) is 11.1. The van der Waals surface area contributed by atoms with Gasteiger partial charge in [0.05, 0.1) is 0 Å². The van der Waals surface area contributed by atoms with Gasteiger partial charge in [0.1, 0.15) is 0 Å². The highest BCUT2D eigenvalue weighted by atomic mass is 16.2. The number of rotatable bonds is 3. The molecule has 0 atom stereocenters. The highest BCUT2D eigenvalue weighted by Gasteiger charge is 2.20. The number of likely N-dealkylation sites (N-methyl/N-ethyl adjacent to an activating group) is 1. The van der Waals surface area contributed by atoms with Crippen LogP contribution >= 0.6 is 0 Å². The highest BCUT2D eigenvalue weighted by molar-refractivity contribution is 5.94. The number of piperazine rings is 1. The topological polar surface area (TPSA) is 35.6 Å². The Bertz CT molecular complexity index is 411. The lowest BCUT2D eigenvalue weighted by Crippen LogP contribution is -2.47. The van der Waals surface area contributed by atoms with Crippen LogP contribution in [0.15, 0.2) is 24.3 Å². The maximum atomic E-state index is 12.3. The van der Waals surface area contributed by atoms with Crippen LogP contribution in [-0.4, -0.2) is 56.0 Å². The Labute approximate surface area is 109 Å². The number of benzene rings is 1. The van der Waals surface area contributed by atoms with Crippen LogP contribution in [0.1, 0.15) is 15.9 Å². The minimum absolute atomic E-state index is 0.154. The lowest BCUT2D eigenvalue weighted by molar-refractivity contribution is 0.0664. The summed E-state index contributed by atoms with van der Waals surface area (Å²) in [5, 5.41) is 3.10. The second kappa shape index (κ2) is 5.98. The molecule has 0 radical (unpaired) electrons. The van der Waals surface area contributed by atoms with Gasteiger partial charge in [-0.1, -0.05) is 12.1 Å². The maximum absolute atomic E-state index is 12.3. The lowest BCUT2D eigenvalue weighted by Gasteiger charge is -2.32. The Morgan fingerprint density at radius 2 is 2.00 bits per heavy atom. The average Bonchev–Trinajstić information content (AvgIpc) is 2.39. The molecule has 4 heteroatoms. The van der Waals surface area contributed by atoms with Gasteiger partial charge in [-0.2, -0.15) is 0 Å². The number of nitrogens with zero attached hydrogens (tertiary/aromatic N) is 2. The fourth-order valence-electron chi connectivity index (χ4n) is 2.21. The van der Waals surface area contributed by atoms with Crippen molar-refractivity contribution in [3.05, 3.63) is 35.4 Å². The van der Waals surface area contributed by atoms with Gasteiger partial charge >= 0.3 is 0 Å². The standard InChI is InChI=1S/C14H21N3O/c1-15-11-12-4-3-5-13(10-12)14(18)17-8-6-16(2)7-9-17/h3-5,10,15H,6-9,11H2,1-2H3. The normalized spacial score (nSPS) is 16.9. The molecule has 1 aromatic carbocycles. The van der Waals surface area contributed by atoms with Crippen LogP contribution in [0.5, 0.6) is 0 Å². The molecule has 1 aliphatic rings. The van der Waals surface area contributed by atoms with E-state index in [0.29, 0.717) is 0 Å². The number of nitrogens with one attached hydrogen (secondary N) is 1. The van der Waals surface area contributed by atoms with Crippen molar-refractivity contribution in [1.82, 2.24) is 15.1 Å². The molecular weight excluding hydrogens is 226 g/mol. The van der Waals surface area contributed by atoms with Gasteiger partial charge in [0, 0.05) is 38.3 Å². The maximum Gasteiger partial charge on any atom is 0.253 e. The molecule has 0 bridgehead atoms. The van der Waals surface area contributed by atoms with E-state index in [1.165, 1.54) is 0 Å². The molecule has 0 saturated carbocycles. The van der Waals surface area contributed by atoms with E-state index in [1.807, 2.05) is 36.2 Å². The van der Waals surface area contributed by atoms with Gasteiger partial charge in [0.2, 0.25) is 0 Å². The minimum atomic E-state index is 0.154. The molecule has 18 heavy (non-hydrogen) atoms. The Hall–Kier alpha value is -1.39. The smallest absolute Gasteiger partial charge is 0.253 e. The molecule has 4 nitrogen and oxygen atoms in total. The van der Waals surface area contributed by atoms with Crippen molar-refractivity contribution in [2.24, 2.45) is 0 Å². The molecule has 1 heterocycles. The molecule has 1 aliphatic heterocycles. The van der Waals surface area contributed by atoms with Crippen LogP contribution in [0.25, 0.3) is 0 Å². The van der Waals surface area contributed by atoms with Crippen LogP contribution in [0.2, 0.25) is 0 Å². The third-order valence-electron chi connectivity index (χ3n) is 3.35. The van der Waals surface area contributed by atoms with E-state index in [2.05, 4.69) is 17.3 Å². The fraction of sp³-hybridized carbons (Fsp3) is 0.500. The first-order valence-electron chi connectivity index (χ1n) is 6.42. The zero-order valence-electron chi connectivity index (χ0n) is 11.1. The van der Waals surface area contributed by atoms with E-state index in [1.54, 1.807) is 0 Å². The van der Waals surface area contributed by atoms with Crippen molar-refractivity contribution >= 4 is 5.91 Å². The summed E-state index contributed by atoms with van der Waals surface area (Å²) in [5.41, 5.74) is 1.95. The van der Waals surface area contributed by atoms with E-state index < -0.39 is 0 Å². The first-order valence-corrected chi connectivity index (χ1v) is 6.42. The van der Waals surface area contributed by atoms with Gasteiger partial charge in [-0.25, -0.2) is 0 Å². The van der Waals surface area contributed by atoms with Crippen LogP contribution in [0.4, 0.5) is 0 Å². The van der Waals surface area contributed by atoms with Gasteiger partial charge in [-0.15, -0.1) is 0 Å². The highest BCUT2D eigenvalue weighted by Crippen LogP contribution is 2.10. The Morgan fingerprint density at radius 1 is 1.28 bits per heavy atom. The van der Waals surface area contributed by atoms with Gasteiger partial charge in [-0.05, 0) is 31.8 Å². The minimum Gasteiger partial charge on any atom is -0.336 e. The summed E-state index contributed by atoms with van der Waals surface area (Å²) in [7, 11) is 4.00. The number of hydrogen-bond donors (Lipinski definition) is 1. The molecule has 0 aliphatic carbocycles. The van der Waals surface area contributed by atoms with E-state index >= 15 is 0 Å². The Morgan fingerprint density at radius 3 is 2.67 bits per heavy atom. The first-order chi connectivity index (χ1) is 8.70.